The van der Waals surface area contributed by atoms with Crippen LogP contribution in [0, 0.1) is 12.8 Å². The lowest BCUT2D eigenvalue weighted by Gasteiger charge is -2.40. The van der Waals surface area contributed by atoms with Gasteiger partial charge in [-0.25, -0.2) is 8.42 Å². The molecule has 3 aliphatic rings. The third-order valence-electron chi connectivity index (χ3n) is 10.1. The van der Waals surface area contributed by atoms with E-state index < -0.39 is 9.84 Å². The monoisotopic (exact) mass is 670 g/mol. The zero-order chi connectivity index (χ0) is 33.0. The highest BCUT2D eigenvalue weighted by Crippen LogP contribution is 2.36. The molecule has 2 atom stereocenters. The molecule has 9 nitrogen and oxygen atoms in total. The molecular weight excluding hydrogens is 624 g/mol. The van der Waals surface area contributed by atoms with Crippen LogP contribution in [0.1, 0.15) is 69.9 Å². The van der Waals surface area contributed by atoms with Crippen molar-refractivity contribution < 1.29 is 22.8 Å². The summed E-state index contributed by atoms with van der Waals surface area (Å²) in [4.78, 5) is 45.1. The highest BCUT2D eigenvalue weighted by Gasteiger charge is 2.41. The van der Waals surface area contributed by atoms with Crippen LogP contribution in [0.25, 0.3) is 0 Å². The number of amides is 3. The SMILES string of the molecule is CCS(=O)(=O)c1ccc(CC(=O)NC2CC3CCC(C2)N3CCCN(C(=O)C2CCN(C(C)=O)CC2)c2ccc(C)c(Cl)c2)cc1. The summed E-state index contributed by atoms with van der Waals surface area (Å²) in [6, 6.07) is 13.4. The standard InChI is InChI=1S/C35H47ClN4O5S/c1-4-46(44,45)32-12-7-26(8-13-32)20-34(42)37-28-21-29-10-11-30(22-28)39(29)16-5-17-40(31-9-6-24(2)33(36)23-31)35(43)27-14-18-38(19-15-27)25(3)41/h6-9,12-13,23,27-30H,4-5,10-11,14-22H2,1-3H3,(H,37,42). The summed E-state index contributed by atoms with van der Waals surface area (Å²) in [6.07, 6.45) is 6.42. The van der Waals surface area contributed by atoms with Crippen LogP contribution in [0.3, 0.4) is 0 Å². The van der Waals surface area contributed by atoms with Crippen molar-refractivity contribution in [2.75, 3.05) is 36.8 Å². The molecule has 0 saturated carbocycles. The molecule has 0 spiro atoms. The van der Waals surface area contributed by atoms with Crippen molar-refractivity contribution in [3.8, 4) is 0 Å². The first-order valence-electron chi connectivity index (χ1n) is 16.6. The number of hydrogen-bond acceptors (Lipinski definition) is 6. The number of carbonyl (C=O) groups is 3. The lowest BCUT2D eigenvalue weighted by Crippen LogP contribution is -2.51. The molecule has 2 bridgehead atoms. The number of piperidine rings is 2. The number of halogens is 1. The van der Waals surface area contributed by atoms with Crippen molar-refractivity contribution >= 4 is 44.8 Å². The molecule has 3 saturated heterocycles. The molecule has 0 radical (unpaired) electrons. The van der Waals surface area contributed by atoms with Gasteiger partial charge >= 0.3 is 0 Å². The van der Waals surface area contributed by atoms with E-state index in [9.17, 15) is 22.8 Å². The fourth-order valence-corrected chi connectivity index (χ4v) is 8.45. The molecule has 11 heteroatoms. The van der Waals surface area contributed by atoms with Crippen molar-refractivity contribution in [1.29, 1.82) is 0 Å². The fraction of sp³-hybridized carbons (Fsp3) is 0.571. The number of anilines is 1. The number of nitrogens with one attached hydrogen (secondary N) is 1. The number of rotatable bonds is 11. The van der Waals surface area contributed by atoms with Gasteiger partial charge in [-0.3, -0.25) is 19.3 Å². The Morgan fingerprint density at radius 1 is 0.978 bits per heavy atom. The third kappa shape index (κ3) is 8.12. The maximum atomic E-state index is 13.8. The molecule has 3 heterocycles. The van der Waals surface area contributed by atoms with E-state index in [2.05, 4.69) is 10.2 Å². The van der Waals surface area contributed by atoms with Crippen LogP contribution in [0.5, 0.6) is 0 Å². The molecule has 0 aliphatic carbocycles. The van der Waals surface area contributed by atoms with Gasteiger partial charge in [0.05, 0.1) is 17.1 Å². The number of aryl methyl sites for hydroxylation is 1. The van der Waals surface area contributed by atoms with Gasteiger partial charge < -0.3 is 15.1 Å². The first kappa shape index (κ1) is 34.4. The van der Waals surface area contributed by atoms with E-state index >= 15 is 0 Å². The number of fused-ring (bicyclic) bond motifs is 2. The predicted molar refractivity (Wildman–Crippen MR) is 181 cm³/mol. The van der Waals surface area contributed by atoms with Crippen LogP contribution in [0.2, 0.25) is 5.02 Å². The number of sulfone groups is 1. The maximum absolute atomic E-state index is 13.8. The molecule has 250 valence electrons. The van der Waals surface area contributed by atoms with Gasteiger partial charge in [0.2, 0.25) is 17.7 Å². The Hall–Kier alpha value is -2.95. The summed E-state index contributed by atoms with van der Waals surface area (Å²) in [6.45, 7) is 7.86. The lowest BCUT2D eigenvalue weighted by molar-refractivity contribution is -0.133. The Labute approximate surface area is 278 Å². The molecule has 3 amide bonds. The van der Waals surface area contributed by atoms with Crippen LogP contribution < -0.4 is 10.2 Å². The number of likely N-dealkylation sites (tertiary alicyclic amines) is 1. The maximum Gasteiger partial charge on any atom is 0.230 e. The van der Waals surface area contributed by atoms with Gasteiger partial charge in [0.15, 0.2) is 9.84 Å². The number of nitrogens with zero attached hydrogens (tertiary/aromatic N) is 3. The van der Waals surface area contributed by atoms with Crippen LogP contribution >= 0.6 is 11.6 Å². The fourth-order valence-electron chi connectivity index (χ4n) is 7.39. The van der Waals surface area contributed by atoms with Gasteiger partial charge in [-0.1, -0.05) is 36.7 Å². The van der Waals surface area contributed by atoms with E-state index in [1.165, 1.54) is 0 Å². The molecule has 3 fully saturated rings. The van der Waals surface area contributed by atoms with Crippen LogP contribution in [-0.4, -0.2) is 86.0 Å². The minimum absolute atomic E-state index is 0.0380. The van der Waals surface area contributed by atoms with E-state index in [-0.39, 0.29) is 46.8 Å². The van der Waals surface area contributed by atoms with Crippen molar-refractivity contribution in [2.24, 2.45) is 5.92 Å². The summed E-state index contributed by atoms with van der Waals surface area (Å²) < 4.78 is 24.2. The molecule has 2 unspecified atom stereocenters. The summed E-state index contributed by atoms with van der Waals surface area (Å²) in [5, 5.41) is 3.88. The van der Waals surface area contributed by atoms with Gasteiger partial charge in [-0.2, -0.15) is 0 Å². The Bertz CT molecular complexity index is 1510. The topological polar surface area (TPSA) is 107 Å². The minimum atomic E-state index is -3.26. The Morgan fingerprint density at radius 2 is 1.63 bits per heavy atom. The van der Waals surface area contributed by atoms with Crippen LogP contribution in [0.4, 0.5) is 5.69 Å². The quantitative estimate of drug-likeness (QED) is 0.369. The molecule has 0 aromatic heterocycles. The third-order valence-corrected chi connectivity index (χ3v) is 12.3. The summed E-state index contributed by atoms with van der Waals surface area (Å²) in [5.74, 6) is 0.0587. The molecule has 1 N–H and O–H groups in total. The minimum Gasteiger partial charge on any atom is -0.353 e. The normalized spacial score (nSPS) is 22.1. The molecule has 3 aliphatic heterocycles. The second kappa shape index (κ2) is 14.9. The van der Waals surface area contributed by atoms with E-state index in [1.54, 1.807) is 38.1 Å². The van der Waals surface area contributed by atoms with Gasteiger partial charge in [0.25, 0.3) is 0 Å². The first-order chi connectivity index (χ1) is 21.9. The van der Waals surface area contributed by atoms with E-state index in [0.29, 0.717) is 49.6 Å². The molecule has 2 aromatic rings. The van der Waals surface area contributed by atoms with Crippen LogP contribution in [-0.2, 0) is 30.6 Å². The largest absolute Gasteiger partial charge is 0.353 e. The van der Waals surface area contributed by atoms with Gasteiger partial charge in [-0.15, -0.1) is 0 Å². The van der Waals surface area contributed by atoms with E-state index in [1.807, 2.05) is 34.9 Å². The highest BCUT2D eigenvalue weighted by molar-refractivity contribution is 7.91. The molecule has 2 aromatic carbocycles. The Morgan fingerprint density at radius 3 is 2.22 bits per heavy atom. The van der Waals surface area contributed by atoms with Crippen LogP contribution in [0.15, 0.2) is 47.4 Å². The van der Waals surface area contributed by atoms with E-state index in [0.717, 1.165) is 55.5 Å². The lowest BCUT2D eigenvalue weighted by atomic mass is 9.94. The summed E-state index contributed by atoms with van der Waals surface area (Å²) >= 11 is 6.49. The second-order valence-corrected chi connectivity index (χ2v) is 15.8. The Balaban J connectivity index is 1.15. The van der Waals surface area contributed by atoms with Crippen molar-refractivity contribution in [3.63, 3.8) is 0 Å². The summed E-state index contributed by atoms with van der Waals surface area (Å²) in [5.41, 5.74) is 2.59. The number of benzene rings is 2. The van der Waals surface area contributed by atoms with Crippen molar-refractivity contribution in [2.45, 2.75) is 95.2 Å². The van der Waals surface area contributed by atoms with Crippen molar-refractivity contribution in [3.05, 3.63) is 58.6 Å². The van der Waals surface area contributed by atoms with Gasteiger partial charge in [0, 0.05) is 67.9 Å². The summed E-state index contributed by atoms with van der Waals surface area (Å²) in [7, 11) is -3.26. The smallest absolute Gasteiger partial charge is 0.230 e. The predicted octanol–water partition coefficient (Wildman–Crippen LogP) is 4.78. The molecule has 5 rings (SSSR count). The molecular formula is C35H47ClN4O5S. The highest BCUT2D eigenvalue weighted by atomic mass is 35.5. The van der Waals surface area contributed by atoms with Gasteiger partial charge in [0.1, 0.15) is 0 Å². The zero-order valence-corrected chi connectivity index (χ0v) is 28.8. The number of hydrogen-bond donors (Lipinski definition) is 1. The average Bonchev–Trinajstić information content (AvgIpc) is 3.27. The average molecular weight is 671 g/mol. The second-order valence-electron chi connectivity index (χ2n) is 13.1. The number of carbonyl (C=O) groups excluding carboxylic acids is 3. The first-order valence-corrected chi connectivity index (χ1v) is 18.7. The van der Waals surface area contributed by atoms with Crippen molar-refractivity contribution in [1.82, 2.24) is 15.1 Å². The molecule has 46 heavy (non-hydrogen) atoms. The zero-order valence-electron chi connectivity index (χ0n) is 27.2. The Kier molecular flexibility index (Phi) is 11.1. The van der Waals surface area contributed by atoms with E-state index in [4.69, 9.17) is 11.6 Å². The van der Waals surface area contributed by atoms with Gasteiger partial charge in [-0.05, 0) is 87.3 Å².